The molecule has 0 fully saturated rings. The standard InChI is InChI=1S/C21H18N6O/c1-15-22-11-12-27(15)20-13-19(23-14-24-20)26-21(28)17-9-5-6-10-18(17)25-16-7-3-2-4-8-16/h2-14,25H,1H3,(H,23,24,26,28). The number of nitrogens with one attached hydrogen (secondary N) is 2. The smallest absolute Gasteiger partial charge is 0.258 e. The quantitative estimate of drug-likeness (QED) is 0.555. The highest BCUT2D eigenvalue weighted by Gasteiger charge is 2.13. The van der Waals surface area contributed by atoms with Gasteiger partial charge < -0.3 is 10.6 Å². The summed E-state index contributed by atoms with van der Waals surface area (Å²) in [4.78, 5) is 25.5. The van der Waals surface area contributed by atoms with Gasteiger partial charge in [0.05, 0.1) is 11.3 Å². The molecule has 2 heterocycles. The lowest BCUT2D eigenvalue weighted by Crippen LogP contribution is -2.15. The molecule has 0 spiro atoms. The number of para-hydroxylation sites is 2. The molecular weight excluding hydrogens is 352 g/mol. The second kappa shape index (κ2) is 7.71. The summed E-state index contributed by atoms with van der Waals surface area (Å²) in [5.74, 6) is 1.59. The minimum atomic E-state index is -0.258. The van der Waals surface area contributed by atoms with Gasteiger partial charge >= 0.3 is 0 Å². The fourth-order valence-electron chi connectivity index (χ4n) is 2.82. The van der Waals surface area contributed by atoms with Crippen LogP contribution >= 0.6 is 0 Å². The molecule has 0 saturated carbocycles. The van der Waals surface area contributed by atoms with Gasteiger partial charge in [-0.3, -0.25) is 9.36 Å². The molecule has 7 nitrogen and oxygen atoms in total. The summed E-state index contributed by atoms with van der Waals surface area (Å²) < 4.78 is 1.82. The van der Waals surface area contributed by atoms with Crippen LogP contribution in [0.4, 0.5) is 17.2 Å². The number of amides is 1. The van der Waals surface area contributed by atoms with Crippen molar-refractivity contribution in [2.75, 3.05) is 10.6 Å². The molecule has 0 saturated heterocycles. The minimum absolute atomic E-state index is 0.258. The Morgan fingerprint density at radius 2 is 1.75 bits per heavy atom. The SMILES string of the molecule is Cc1nccn1-c1cc(NC(=O)c2ccccc2Nc2ccccc2)ncn1. The van der Waals surface area contributed by atoms with E-state index in [1.807, 2.05) is 66.2 Å². The van der Waals surface area contributed by atoms with Crippen LogP contribution in [-0.4, -0.2) is 25.4 Å². The molecular formula is C21H18N6O. The van der Waals surface area contributed by atoms with Crippen molar-refractivity contribution < 1.29 is 4.79 Å². The molecule has 4 aromatic rings. The molecule has 0 atom stereocenters. The first-order chi connectivity index (χ1) is 13.7. The molecule has 2 aromatic heterocycles. The number of aromatic nitrogens is 4. The Kier molecular flexibility index (Phi) is 4.79. The van der Waals surface area contributed by atoms with E-state index in [-0.39, 0.29) is 5.91 Å². The Morgan fingerprint density at radius 3 is 2.54 bits per heavy atom. The highest BCUT2D eigenvalue weighted by atomic mass is 16.1. The zero-order chi connectivity index (χ0) is 19.3. The first-order valence-electron chi connectivity index (χ1n) is 8.75. The number of imidazole rings is 1. The van der Waals surface area contributed by atoms with Gasteiger partial charge in [0.2, 0.25) is 0 Å². The van der Waals surface area contributed by atoms with Crippen molar-refractivity contribution >= 4 is 23.1 Å². The zero-order valence-electron chi connectivity index (χ0n) is 15.2. The lowest BCUT2D eigenvalue weighted by atomic mass is 10.1. The van der Waals surface area contributed by atoms with Crippen molar-refractivity contribution in [1.82, 2.24) is 19.5 Å². The van der Waals surface area contributed by atoms with Crippen LogP contribution in [0, 0.1) is 6.92 Å². The third-order valence-corrected chi connectivity index (χ3v) is 4.19. The van der Waals surface area contributed by atoms with Gasteiger partial charge in [-0.15, -0.1) is 0 Å². The van der Waals surface area contributed by atoms with E-state index in [9.17, 15) is 4.79 Å². The van der Waals surface area contributed by atoms with E-state index in [4.69, 9.17) is 0 Å². The maximum Gasteiger partial charge on any atom is 0.258 e. The summed E-state index contributed by atoms with van der Waals surface area (Å²) in [6.07, 6.45) is 4.92. The molecule has 7 heteroatoms. The monoisotopic (exact) mass is 370 g/mol. The molecule has 0 bridgehead atoms. The first kappa shape index (κ1) is 17.4. The minimum Gasteiger partial charge on any atom is -0.355 e. The summed E-state index contributed by atoms with van der Waals surface area (Å²) in [5.41, 5.74) is 2.14. The average molecular weight is 370 g/mol. The predicted molar refractivity (Wildman–Crippen MR) is 108 cm³/mol. The lowest BCUT2D eigenvalue weighted by molar-refractivity contribution is 0.102. The van der Waals surface area contributed by atoms with Crippen LogP contribution in [0.3, 0.4) is 0 Å². The summed E-state index contributed by atoms with van der Waals surface area (Å²) in [6.45, 7) is 1.88. The second-order valence-electron chi connectivity index (χ2n) is 6.10. The van der Waals surface area contributed by atoms with Crippen molar-refractivity contribution in [2.45, 2.75) is 6.92 Å². The molecule has 28 heavy (non-hydrogen) atoms. The molecule has 138 valence electrons. The van der Waals surface area contributed by atoms with E-state index >= 15 is 0 Å². The second-order valence-corrected chi connectivity index (χ2v) is 6.10. The summed E-state index contributed by atoms with van der Waals surface area (Å²) in [6, 6.07) is 18.7. The van der Waals surface area contributed by atoms with Crippen molar-refractivity contribution in [3.8, 4) is 5.82 Å². The van der Waals surface area contributed by atoms with Crippen molar-refractivity contribution in [3.05, 3.63) is 90.8 Å². The van der Waals surface area contributed by atoms with Crippen molar-refractivity contribution in [1.29, 1.82) is 0 Å². The van der Waals surface area contributed by atoms with Gasteiger partial charge in [0.1, 0.15) is 23.8 Å². The van der Waals surface area contributed by atoms with Crippen molar-refractivity contribution in [3.63, 3.8) is 0 Å². The first-order valence-corrected chi connectivity index (χ1v) is 8.75. The van der Waals surface area contributed by atoms with Crippen LogP contribution in [0.1, 0.15) is 16.2 Å². The number of hydrogen-bond acceptors (Lipinski definition) is 5. The maximum atomic E-state index is 12.9. The van der Waals surface area contributed by atoms with Crippen LogP contribution in [0.5, 0.6) is 0 Å². The van der Waals surface area contributed by atoms with Crippen LogP contribution in [0.15, 0.2) is 79.4 Å². The zero-order valence-corrected chi connectivity index (χ0v) is 15.2. The predicted octanol–water partition coefficient (Wildman–Crippen LogP) is 3.97. The van der Waals surface area contributed by atoms with Crippen LogP contribution < -0.4 is 10.6 Å². The maximum absolute atomic E-state index is 12.9. The topological polar surface area (TPSA) is 84.7 Å². The molecule has 4 rings (SSSR count). The van der Waals surface area contributed by atoms with Crippen LogP contribution in [-0.2, 0) is 0 Å². The van der Waals surface area contributed by atoms with Gasteiger partial charge in [-0.25, -0.2) is 15.0 Å². The Balaban J connectivity index is 1.57. The average Bonchev–Trinajstić information content (AvgIpc) is 3.15. The number of nitrogens with zero attached hydrogens (tertiary/aromatic N) is 4. The Labute approximate surface area is 162 Å². The van der Waals surface area contributed by atoms with Gasteiger partial charge in [-0.1, -0.05) is 30.3 Å². The molecule has 2 aromatic carbocycles. The number of anilines is 3. The fourth-order valence-corrected chi connectivity index (χ4v) is 2.82. The number of rotatable bonds is 5. The number of hydrogen-bond donors (Lipinski definition) is 2. The molecule has 2 N–H and O–H groups in total. The van der Waals surface area contributed by atoms with E-state index in [0.717, 1.165) is 11.5 Å². The van der Waals surface area contributed by atoms with E-state index in [1.165, 1.54) is 6.33 Å². The van der Waals surface area contributed by atoms with Gasteiger partial charge in [0.15, 0.2) is 0 Å². The number of carbonyl (C=O) groups excluding carboxylic acids is 1. The largest absolute Gasteiger partial charge is 0.355 e. The lowest BCUT2D eigenvalue weighted by Gasteiger charge is -2.12. The highest BCUT2D eigenvalue weighted by Crippen LogP contribution is 2.22. The number of aryl methyl sites for hydroxylation is 1. The third-order valence-electron chi connectivity index (χ3n) is 4.19. The number of carbonyl (C=O) groups is 1. The van der Waals surface area contributed by atoms with Gasteiger partial charge in [0, 0.05) is 24.1 Å². The molecule has 0 unspecified atom stereocenters. The number of benzene rings is 2. The molecule has 0 aliphatic carbocycles. The summed E-state index contributed by atoms with van der Waals surface area (Å²) >= 11 is 0. The Hall–Kier alpha value is -4.00. The van der Waals surface area contributed by atoms with E-state index in [2.05, 4.69) is 25.6 Å². The Morgan fingerprint density at radius 1 is 0.964 bits per heavy atom. The summed E-state index contributed by atoms with van der Waals surface area (Å²) in [5, 5.41) is 6.12. The van der Waals surface area contributed by atoms with E-state index in [1.54, 1.807) is 18.3 Å². The fraction of sp³-hybridized carbons (Fsp3) is 0.0476. The van der Waals surface area contributed by atoms with Gasteiger partial charge in [-0.05, 0) is 31.2 Å². The van der Waals surface area contributed by atoms with Crippen LogP contribution in [0.25, 0.3) is 5.82 Å². The Bertz CT molecular complexity index is 1110. The molecule has 0 aliphatic heterocycles. The van der Waals surface area contributed by atoms with Crippen molar-refractivity contribution in [2.24, 2.45) is 0 Å². The molecule has 1 amide bonds. The third kappa shape index (κ3) is 3.73. The highest BCUT2D eigenvalue weighted by molar-refractivity contribution is 6.08. The normalized spacial score (nSPS) is 10.5. The van der Waals surface area contributed by atoms with Gasteiger partial charge in [-0.2, -0.15) is 0 Å². The van der Waals surface area contributed by atoms with Crippen LogP contribution in [0.2, 0.25) is 0 Å². The summed E-state index contributed by atoms with van der Waals surface area (Å²) in [7, 11) is 0. The van der Waals surface area contributed by atoms with E-state index < -0.39 is 0 Å². The van der Waals surface area contributed by atoms with E-state index in [0.29, 0.717) is 22.9 Å². The molecule has 0 aliphatic rings. The van der Waals surface area contributed by atoms with Gasteiger partial charge in [0.25, 0.3) is 5.91 Å². The molecule has 0 radical (unpaired) electrons.